The van der Waals surface area contributed by atoms with E-state index in [2.05, 4.69) is 10.3 Å². The maximum Gasteiger partial charge on any atom is 0.293 e. The lowest BCUT2D eigenvalue weighted by atomic mass is 10.3. The topological polar surface area (TPSA) is 65.4 Å². The smallest absolute Gasteiger partial charge is 0.293 e. The SMILES string of the molecule is O=c1c(NCC2COCCO2)nccn1C1CC1. The Morgan fingerprint density at radius 2 is 2.33 bits per heavy atom. The number of rotatable bonds is 4. The van der Waals surface area contributed by atoms with Gasteiger partial charge in [0.2, 0.25) is 0 Å². The molecule has 1 aliphatic carbocycles. The summed E-state index contributed by atoms with van der Waals surface area (Å²) in [5.74, 6) is 0.401. The largest absolute Gasteiger partial charge is 0.376 e. The third kappa shape index (κ3) is 2.54. The van der Waals surface area contributed by atoms with Gasteiger partial charge in [-0.25, -0.2) is 4.98 Å². The molecule has 0 radical (unpaired) electrons. The van der Waals surface area contributed by atoms with E-state index >= 15 is 0 Å². The van der Waals surface area contributed by atoms with Crippen LogP contribution in [0.1, 0.15) is 18.9 Å². The molecule has 1 saturated carbocycles. The van der Waals surface area contributed by atoms with Crippen LogP contribution in [0.2, 0.25) is 0 Å². The molecule has 0 amide bonds. The molecule has 1 atom stereocenters. The fraction of sp³-hybridized carbons (Fsp3) is 0.667. The van der Waals surface area contributed by atoms with Crippen LogP contribution in [0.25, 0.3) is 0 Å². The second-order valence-electron chi connectivity index (χ2n) is 4.67. The molecule has 98 valence electrons. The molecule has 0 spiro atoms. The third-order valence-electron chi connectivity index (χ3n) is 3.19. The molecule has 0 aromatic carbocycles. The Kier molecular flexibility index (Phi) is 3.29. The van der Waals surface area contributed by atoms with Gasteiger partial charge in [0.15, 0.2) is 5.82 Å². The summed E-state index contributed by atoms with van der Waals surface area (Å²) in [5, 5.41) is 3.06. The Bertz CT molecular complexity index is 464. The lowest BCUT2D eigenvalue weighted by Crippen LogP contribution is -2.36. The average Bonchev–Trinajstić information content (AvgIpc) is 3.23. The van der Waals surface area contributed by atoms with Crippen LogP contribution >= 0.6 is 0 Å². The molecular weight excluding hydrogens is 234 g/mol. The lowest BCUT2D eigenvalue weighted by molar-refractivity contribution is -0.0819. The van der Waals surface area contributed by atoms with Gasteiger partial charge in [-0.2, -0.15) is 0 Å². The predicted molar refractivity (Wildman–Crippen MR) is 65.8 cm³/mol. The predicted octanol–water partition coefficient (Wildman–Crippen LogP) is 0.405. The van der Waals surface area contributed by atoms with Crippen molar-refractivity contribution in [2.45, 2.75) is 25.0 Å². The second-order valence-corrected chi connectivity index (χ2v) is 4.67. The molecule has 18 heavy (non-hydrogen) atoms. The highest BCUT2D eigenvalue weighted by molar-refractivity contribution is 5.31. The zero-order valence-corrected chi connectivity index (χ0v) is 10.2. The van der Waals surface area contributed by atoms with Crippen molar-refractivity contribution >= 4 is 5.82 Å². The minimum absolute atomic E-state index is 0.00506. The highest BCUT2D eigenvalue weighted by Crippen LogP contribution is 2.33. The molecule has 3 rings (SSSR count). The quantitative estimate of drug-likeness (QED) is 0.839. The Morgan fingerprint density at radius 1 is 1.44 bits per heavy atom. The molecule has 2 heterocycles. The summed E-state index contributed by atoms with van der Waals surface area (Å²) in [6.45, 7) is 2.38. The van der Waals surface area contributed by atoms with E-state index in [0.29, 0.717) is 38.2 Å². The number of aromatic nitrogens is 2. The molecular formula is C12H17N3O3. The van der Waals surface area contributed by atoms with Crippen LogP contribution in [0.4, 0.5) is 5.82 Å². The molecule has 6 nitrogen and oxygen atoms in total. The fourth-order valence-electron chi connectivity index (χ4n) is 2.05. The Morgan fingerprint density at radius 3 is 3.06 bits per heavy atom. The van der Waals surface area contributed by atoms with Crippen molar-refractivity contribution in [2.75, 3.05) is 31.7 Å². The van der Waals surface area contributed by atoms with E-state index in [1.165, 1.54) is 0 Å². The van der Waals surface area contributed by atoms with E-state index in [-0.39, 0.29) is 11.7 Å². The fourth-order valence-corrected chi connectivity index (χ4v) is 2.05. The van der Waals surface area contributed by atoms with Crippen molar-refractivity contribution in [2.24, 2.45) is 0 Å². The zero-order chi connectivity index (χ0) is 12.4. The molecule has 1 saturated heterocycles. The van der Waals surface area contributed by atoms with Crippen molar-refractivity contribution in [3.05, 3.63) is 22.7 Å². The Labute approximate surface area is 105 Å². The molecule has 6 heteroatoms. The van der Waals surface area contributed by atoms with Crippen LogP contribution in [0, 0.1) is 0 Å². The van der Waals surface area contributed by atoms with Crippen molar-refractivity contribution in [3.8, 4) is 0 Å². The van der Waals surface area contributed by atoms with E-state index < -0.39 is 0 Å². The number of hydrogen-bond acceptors (Lipinski definition) is 5. The Balaban J connectivity index is 1.65. The van der Waals surface area contributed by atoms with Gasteiger partial charge < -0.3 is 19.4 Å². The van der Waals surface area contributed by atoms with Gasteiger partial charge in [-0.3, -0.25) is 4.79 Å². The summed E-state index contributed by atoms with van der Waals surface area (Å²) in [4.78, 5) is 16.2. The maximum atomic E-state index is 12.1. The summed E-state index contributed by atoms with van der Waals surface area (Å²) in [5.41, 5.74) is -0.0447. The van der Waals surface area contributed by atoms with Crippen LogP contribution in [0.3, 0.4) is 0 Å². The minimum Gasteiger partial charge on any atom is -0.376 e. The first-order chi connectivity index (χ1) is 8.84. The standard InChI is InChI=1S/C12H17N3O3/c16-12-11(13-3-4-15(12)9-1-2-9)14-7-10-8-17-5-6-18-10/h3-4,9-10H,1-2,5-8H2,(H,13,14). The number of ether oxygens (including phenoxy) is 2. The molecule has 0 bridgehead atoms. The van der Waals surface area contributed by atoms with Gasteiger partial charge in [0.1, 0.15) is 0 Å². The second kappa shape index (κ2) is 5.07. The van der Waals surface area contributed by atoms with Crippen molar-refractivity contribution in [1.82, 2.24) is 9.55 Å². The molecule has 1 aromatic rings. The number of nitrogens with zero attached hydrogens (tertiary/aromatic N) is 2. The summed E-state index contributed by atoms with van der Waals surface area (Å²) in [7, 11) is 0. The van der Waals surface area contributed by atoms with Crippen molar-refractivity contribution in [3.63, 3.8) is 0 Å². The van der Waals surface area contributed by atoms with E-state index in [0.717, 1.165) is 12.8 Å². The van der Waals surface area contributed by atoms with Crippen LogP contribution in [0.15, 0.2) is 17.2 Å². The Hall–Kier alpha value is -1.40. The third-order valence-corrected chi connectivity index (χ3v) is 3.19. The summed E-state index contributed by atoms with van der Waals surface area (Å²) in [6, 6.07) is 0.371. The normalized spacial score (nSPS) is 23.9. The monoisotopic (exact) mass is 251 g/mol. The number of nitrogens with one attached hydrogen (secondary N) is 1. The van der Waals surface area contributed by atoms with Crippen LogP contribution in [-0.2, 0) is 9.47 Å². The molecule has 1 unspecified atom stereocenters. The molecule has 2 aliphatic rings. The molecule has 2 fully saturated rings. The van der Waals surface area contributed by atoms with Gasteiger partial charge in [-0.1, -0.05) is 0 Å². The van der Waals surface area contributed by atoms with Crippen LogP contribution in [-0.4, -0.2) is 42.0 Å². The average molecular weight is 251 g/mol. The van der Waals surface area contributed by atoms with Gasteiger partial charge in [0.05, 0.1) is 25.9 Å². The zero-order valence-electron chi connectivity index (χ0n) is 10.2. The first kappa shape index (κ1) is 11.7. The van der Waals surface area contributed by atoms with Crippen molar-refractivity contribution < 1.29 is 9.47 Å². The first-order valence-electron chi connectivity index (χ1n) is 6.35. The van der Waals surface area contributed by atoms with E-state index in [1.54, 1.807) is 17.0 Å². The van der Waals surface area contributed by atoms with E-state index in [1.807, 2.05) is 0 Å². The maximum absolute atomic E-state index is 12.1. The molecule has 1 aromatic heterocycles. The van der Waals surface area contributed by atoms with Gasteiger partial charge in [-0.15, -0.1) is 0 Å². The summed E-state index contributed by atoms with van der Waals surface area (Å²) >= 11 is 0. The number of anilines is 1. The van der Waals surface area contributed by atoms with Gasteiger partial charge in [-0.05, 0) is 12.8 Å². The van der Waals surface area contributed by atoms with Crippen LogP contribution in [0.5, 0.6) is 0 Å². The van der Waals surface area contributed by atoms with Gasteiger partial charge >= 0.3 is 0 Å². The van der Waals surface area contributed by atoms with Gasteiger partial charge in [0, 0.05) is 25.0 Å². The van der Waals surface area contributed by atoms with Crippen LogP contribution < -0.4 is 10.9 Å². The van der Waals surface area contributed by atoms with Gasteiger partial charge in [0.25, 0.3) is 5.56 Å². The molecule has 1 N–H and O–H groups in total. The highest BCUT2D eigenvalue weighted by Gasteiger charge is 2.25. The summed E-state index contributed by atoms with van der Waals surface area (Å²) in [6.07, 6.45) is 5.59. The highest BCUT2D eigenvalue weighted by atomic mass is 16.6. The summed E-state index contributed by atoms with van der Waals surface area (Å²) < 4.78 is 12.6. The van der Waals surface area contributed by atoms with E-state index in [4.69, 9.17) is 9.47 Å². The van der Waals surface area contributed by atoms with E-state index in [9.17, 15) is 4.79 Å². The number of hydrogen-bond donors (Lipinski definition) is 1. The lowest BCUT2D eigenvalue weighted by Gasteiger charge is -2.23. The molecule has 1 aliphatic heterocycles. The minimum atomic E-state index is -0.0447. The first-order valence-corrected chi connectivity index (χ1v) is 6.35. The van der Waals surface area contributed by atoms with Crippen molar-refractivity contribution in [1.29, 1.82) is 0 Å².